The molecule has 2 aromatic rings. The maximum Gasteiger partial charge on any atom is 0.124 e. The van der Waals surface area contributed by atoms with Gasteiger partial charge in [0.1, 0.15) is 18.5 Å². The molecule has 6 nitrogen and oxygen atoms in total. The molecule has 1 fully saturated rings. The van der Waals surface area contributed by atoms with E-state index in [2.05, 4.69) is 20.4 Å². The van der Waals surface area contributed by atoms with Crippen LogP contribution in [-0.4, -0.2) is 59.1 Å². The van der Waals surface area contributed by atoms with E-state index in [4.69, 9.17) is 16.3 Å². The summed E-state index contributed by atoms with van der Waals surface area (Å²) in [5.74, 6) is 0.773. The maximum atomic E-state index is 10.4. The van der Waals surface area contributed by atoms with Gasteiger partial charge in [-0.25, -0.2) is 0 Å². The van der Waals surface area contributed by atoms with Crippen molar-refractivity contribution >= 4 is 11.6 Å². The summed E-state index contributed by atoms with van der Waals surface area (Å²) in [6, 6.07) is 5.63. The minimum atomic E-state index is -0.490. The second-order valence-corrected chi connectivity index (χ2v) is 7.90. The molecule has 1 aromatic carbocycles. The zero-order valence-corrected chi connectivity index (χ0v) is 17.1. The second kappa shape index (κ2) is 11.4. The van der Waals surface area contributed by atoms with Crippen LogP contribution >= 0.6 is 11.6 Å². The Hall–Kier alpha value is -1.60. The molecule has 1 aromatic heterocycles. The molecule has 0 spiro atoms. The SMILES string of the molecule is OC(COc1ccc(Cl)cc1CNCCc1cn[nH]c1)CN1CCCCCC1. The zero-order valence-electron chi connectivity index (χ0n) is 16.4. The van der Waals surface area contributed by atoms with E-state index in [-0.39, 0.29) is 0 Å². The number of rotatable bonds is 10. The molecule has 0 amide bonds. The Morgan fingerprint density at radius 3 is 2.82 bits per heavy atom. The molecule has 28 heavy (non-hydrogen) atoms. The van der Waals surface area contributed by atoms with Crippen LogP contribution in [-0.2, 0) is 13.0 Å². The fourth-order valence-electron chi connectivity index (χ4n) is 3.55. The summed E-state index contributed by atoms with van der Waals surface area (Å²) in [7, 11) is 0. The van der Waals surface area contributed by atoms with Crippen molar-refractivity contribution in [2.24, 2.45) is 0 Å². The van der Waals surface area contributed by atoms with Crippen molar-refractivity contribution in [3.8, 4) is 5.75 Å². The molecule has 3 N–H and O–H groups in total. The van der Waals surface area contributed by atoms with Crippen LogP contribution in [0.4, 0.5) is 0 Å². The van der Waals surface area contributed by atoms with E-state index in [0.29, 0.717) is 24.7 Å². The topological polar surface area (TPSA) is 73.4 Å². The number of likely N-dealkylation sites (tertiary alicyclic amines) is 1. The molecular formula is C21H31ClN4O2. The Labute approximate surface area is 172 Å². The third-order valence-electron chi connectivity index (χ3n) is 5.08. The zero-order chi connectivity index (χ0) is 19.6. The van der Waals surface area contributed by atoms with E-state index in [1.807, 2.05) is 30.6 Å². The molecule has 3 rings (SSSR count). The van der Waals surface area contributed by atoms with Crippen LogP contribution in [0.5, 0.6) is 5.75 Å². The van der Waals surface area contributed by atoms with Gasteiger partial charge in [-0.05, 0) is 62.7 Å². The molecule has 0 aliphatic carbocycles. The fraction of sp³-hybridized carbons (Fsp3) is 0.571. The Morgan fingerprint density at radius 2 is 2.07 bits per heavy atom. The predicted octanol–water partition coefficient (Wildman–Crippen LogP) is 3.01. The first-order chi connectivity index (χ1) is 13.7. The Morgan fingerprint density at radius 1 is 1.25 bits per heavy atom. The van der Waals surface area contributed by atoms with E-state index in [0.717, 1.165) is 37.4 Å². The van der Waals surface area contributed by atoms with E-state index >= 15 is 0 Å². The minimum absolute atomic E-state index is 0.292. The van der Waals surface area contributed by atoms with E-state index in [1.165, 1.54) is 31.2 Å². The highest BCUT2D eigenvalue weighted by Gasteiger charge is 2.15. The van der Waals surface area contributed by atoms with Gasteiger partial charge < -0.3 is 20.1 Å². The van der Waals surface area contributed by atoms with E-state index in [1.54, 1.807) is 0 Å². The molecule has 1 aliphatic heterocycles. The van der Waals surface area contributed by atoms with Crippen molar-refractivity contribution < 1.29 is 9.84 Å². The monoisotopic (exact) mass is 406 g/mol. The molecule has 1 unspecified atom stereocenters. The normalized spacial score (nSPS) is 16.6. The number of ether oxygens (including phenoxy) is 1. The third-order valence-corrected chi connectivity index (χ3v) is 5.32. The molecule has 1 saturated heterocycles. The molecule has 0 radical (unpaired) electrons. The number of benzene rings is 1. The Balaban J connectivity index is 1.45. The average molecular weight is 407 g/mol. The van der Waals surface area contributed by atoms with Gasteiger partial charge in [0.05, 0.1) is 6.20 Å². The molecule has 1 atom stereocenters. The van der Waals surface area contributed by atoms with Crippen LogP contribution in [0.1, 0.15) is 36.8 Å². The number of hydrogen-bond donors (Lipinski definition) is 3. The van der Waals surface area contributed by atoms with Crippen LogP contribution < -0.4 is 10.1 Å². The molecule has 0 saturated carbocycles. The molecule has 2 heterocycles. The highest BCUT2D eigenvalue weighted by Crippen LogP contribution is 2.23. The lowest BCUT2D eigenvalue weighted by Crippen LogP contribution is -2.36. The quantitative estimate of drug-likeness (QED) is 0.529. The van der Waals surface area contributed by atoms with E-state index < -0.39 is 6.10 Å². The molecule has 0 bridgehead atoms. The lowest BCUT2D eigenvalue weighted by molar-refractivity contribution is 0.0690. The highest BCUT2D eigenvalue weighted by molar-refractivity contribution is 6.30. The van der Waals surface area contributed by atoms with Crippen molar-refractivity contribution in [2.45, 2.75) is 44.8 Å². The summed E-state index contributed by atoms with van der Waals surface area (Å²) in [6.07, 6.45) is 9.19. The number of nitrogens with one attached hydrogen (secondary N) is 2. The number of β-amino-alcohol motifs (C(OH)–C–C–N with tert-alkyl or cyclic N) is 1. The molecule has 154 valence electrons. The van der Waals surface area contributed by atoms with Gasteiger partial charge in [0.2, 0.25) is 0 Å². The van der Waals surface area contributed by atoms with Gasteiger partial charge in [-0.3, -0.25) is 5.10 Å². The van der Waals surface area contributed by atoms with Crippen molar-refractivity contribution in [3.05, 3.63) is 46.7 Å². The van der Waals surface area contributed by atoms with Gasteiger partial charge in [0.25, 0.3) is 0 Å². The number of hydrogen-bond acceptors (Lipinski definition) is 5. The van der Waals surface area contributed by atoms with Gasteiger partial charge in [-0.2, -0.15) is 5.10 Å². The van der Waals surface area contributed by atoms with Crippen LogP contribution in [0.15, 0.2) is 30.6 Å². The van der Waals surface area contributed by atoms with Crippen LogP contribution in [0, 0.1) is 0 Å². The predicted molar refractivity (Wildman–Crippen MR) is 112 cm³/mol. The standard InChI is InChI=1S/C21H31ClN4O2/c22-19-5-6-21(18(11-19)14-23-8-7-17-12-24-25-13-17)28-16-20(27)15-26-9-3-1-2-4-10-26/h5-6,11-13,20,23,27H,1-4,7-10,14-16H2,(H,24,25). The smallest absolute Gasteiger partial charge is 0.124 e. The number of aromatic nitrogens is 2. The summed E-state index contributed by atoms with van der Waals surface area (Å²) in [5, 5.41) is 21.3. The maximum absolute atomic E-state index is 10.4. The summed E-state index contributed by atoms with van der Waals surface area (Å²) in [5.41, 5.74) is 2.17. The van der Waals surface area contributed by atoms with Crippen molar-refractivity contribution in [2.75, 3.05) is 32.8 Å². The van der Waals surface area contributed by atoms with Gasteiger partial charge in [-0.15, -0.1) is 0 Å². The Kier molecular flexibility index (Phi) is 8.61. The summed E-state index contributed by atoms with van der Waals surface area (Å²) >= 11 is 6.17. The number of aliphatic hydroxyl groups is 1. The average Bonchev–Trinajstić information content (AvgIpc) is 3.08. The highest BCUT2D eigenvalue weighted by atomic mass is 35.5. The number of aromatic amines is 1. The van der Waals surface area contributed by atoms with Gasteiger partial charge >= 0.3 is 0 Å². The molecular weight excluding hydrogens is 376 g/mol. The van der Waals surface area contributed by atoms with Gasteiger partial charge in [0.15, 0.2) is 0 Å². The van der Waals surface area contributed by atoms with Gasteiger partial charge in [0, 0.05) is 29.9 Å². The van der Waals surface area contributed by atoms with E-state index in [9.17, 15) is 5.11 Å². The number of H-pyrrole nitrogens is 1. The largest absolute Gasteiger partial charge is 0.491 e. The lowest BCUT2D eigenvalue weighted by Gasteiger charge is -2.23. The van der Waals surface area contributed by atoms with Crippen molar-refractivity contribution in [1.29, 1.82) is 0 Å². The fourth-order valence-corrected chi connectivity index (χ4v) is 3.75. The third kappa shape index (κ3) is 7.09. The van der Waals surface area contributed by atoms with Crippen LogP contribution in [0.2, 0.25) is 5.02 Å². The van der Waals surface area contributed by atoms with Crippen LogP contribution in [0.3, 0.4) is 0 Å². The lowest BCUT2D eigenvalue weighted by atomic mass is 10.2. The second-order valence-electron chi connectivity index (χ2n) is 7.47. The molecule has 7 heteroatoms. The first kappa shape index (κ1) is 21.1. The van der Waals surface area contributed by atoms with Crippen LogP contribution in [0.25, 0.3) is 0 Å². The first-order valence-corrected chi connectivity index (χ1v) is 10.6. The summed E-state index contributed by atoms with van der Waals surface area (Å²) in [4.78, 5) is 2.35. The molecule has 1 aliphatic rings. The number of aliphatic hydroxyl groups excluding tert-OH is 1. The van der Waals surface area contributed by atoms with Crippen molar-refractivity contribution in [1.82, 2.24) is 20.4 Å². The van der Waals surface area contributed by atoms with Gasteiger partial charge in [-0.1, -0.05) is 24.4 Å². The first-order valence-electron chi connectivity index (χ1n) is 10.2. The van der Waals surface area contributed by atoms with Crippen molar-refractivity contribution in [3.63, 3.8) is 0 Å². The summed E-state index contributed by atoms with van der Waals surface area (Å²) in [6.45, 7) is 4.61. The number of halogens is 1. The summed E-state index contributed by atoms with van der Waals surface area (Å²) < 4.78 is 5.94. The Bertz CT molecular complexity index is 688. The number of nitrogens with zero attached hydrogens (tertiary/aromatic N) is 2. The minimum Gasteiger partial charge on any atom is -0.491 e.